The molecule has 0 aliphatic rings. The summed E-state index contributed by atoms with van der Waals surface area (Å²) in [5.74, 6) is -3.44. The Bertz CT molecular complexity index is 1190. The van der Waals surface area contributed by atoms with Crippen molar-refractivity contribution >= 4 is 27.6 Å². The van der Waals surface area contributed by atoms with Crippen LogP contribution in [0.2, 0.25) is 0 Å². The number of nitrogens with two attached hydrogens (primary N) is 1. The molecule has 0 unspecified atom stereocenters. The normalized spacial score (nSPS) is 14.4. The molecule has 3 atom stereocenters. The zero-order valence-electron chi connectivity index (χ0n) is 28.9. The molecule has 0 heterocycles. The van der Waals surface area contributed by atoms with Gasteiger partial charge in [0, 0.05) is 6.42 Å². The second-order valence-electron chi connectivity index (χ2n) is 12.5. The van der Waals surface area contributed by atoms with Crippen molar-refractivity contribution < 1.29 is 37.8 Å². The standard InChI is InChI=1S/C36H60N2O8S/c1-4-7-10-14-17-26-47(44,45)27-18-15-12-11-13-16-19-31(36(43,35(41)42)24-8-5-2)34(40)38-32(33(37)39)28-29-20-22-30(23-21-29)46-25-9-6-3/h16,19-23,31-32,43H,4-15,17-18,24-28H2,1-3H3,(H2,37,39)(H,38,40)(H,41,42)/b19-16+/t31-,32+,36+/m1/s1. The quantitative estimate of drug-likeness (QED) is 0.0626. The first-order valence-corrected chi connectivity index (χ1v) is 19.4. The van der Waals surface area contributed by atoms with Gasteiger partial charge in [-0.2, -0.15) is 0 Å². The Hall–Kier alpha value is -2.92. The first-order valence-electron chi connectivity index (χ1n) is 17.5. The lowest BCUT2D eigenvalue weighted by Crippen LogP contribution is -2.55. The van der Waals surface area contributed by atoms with E-state index in [0.29, 0.717) is 50.9 Å². The van der Waals surface area contributed by atoms with E-state index < -0.39 is 45.2 Å². The molecule has 1 aromatic rings. The molecule has 0 fully saturated rings. The maximum Gasteiger partial charge on any atom is 0.336 e. The smallest absolute Gasteiger partial charge is 0.336 e. The van der Waals surface area contributed by atoms with E-state index >= 15 is 0 Å². The molecule has 5 N–H and O–H groups in total. The average molecular weight is 681 g/mol. The summed E-state index contributed by atoms with van der Waals surface area (Å²) in [6.45, 7) is 6.65. The minimum absolute atomic E-state index is 0.0851. The Morgan fingerprint density at radius 1 is 0.872 bits per heavy atom. The zero-order valence-corrected chi connectivity index (χ0v) is 29.7. The maximum absolute atomic E-state index is 13.5. The van der Waals surface area contributed by atoms with Gasteiger partial charge in [-0.05, 0) is 56.2 Å². The first kappa shape index (κ1) is 42.1. The number of nitrogens with one attached hydrogen (secondary N) is 1. The SMILES string of the molecule is CCCCCCCS(=O)(=O)CCCCCC/C=C/[C@H](C(=O)N[C@@H](Cc1ccc(OCCCC)cc1)C(N)=O)[C@@](O)(CCCC)C(=O)O. The number of unbranched alkanes of at least 4 members (excludes halogenated alkanes) is 10. The van der Waals surface area contributed by atoms with Crippen LogP contribution in [0.3, 0.4) is 0 Å². The summed E-state index contributed by atoms with van der Waals surface area (Å²) in [5, 5.41) is 23.9. The number of sulfone groups is 1. The van der Waals surface area contributed by atoms with Crippen molar-refractivity contribution in [3.63, 3.8) is 0 Å². The van der Waals surface area contributed by atoms with E-state index in [1.165, 1.54) is 6.08 Å². The van der Waals surface area contributed by atoms with Crippen molar-refractivity contribution in [1.29, 1.82) is 0 Å². The van der Waals surface area contributed by atoms with E-state index in [-0.39, 0.29) is 24.3 Å². The summed E-state index contributed by atoms with van der Waals surface area (Å²) in [7, 11) is -3.04. The van der Waals surface area contributed by atoms with Crippen LogP contribution in [-0.4, -0.2) is 66.2 Å². The Balaban J connectivity index is 2.83. The molecule has 11 heteroatoms. The number of benzene rings is 1. The van der Waals surface area contributed by atoms with Gasteiger partial charge in [0.2, 0.25) is 11.8 Å². The molecule has 1 aromatic carbocycles. The van der Waals surface area contributed by atoms with Gasteiger partial charge in [0.15, 0.2) is 5.60 Å². The molecule has 0 aliphatic carbocycles. The third-order valence-corrected chi connectivity index (χ3v) is 10.2. The predicted molar refractivity (Wildman–Crippen MR) is 187 cm³/mol. The molecule has 10 nitrogen and oxygen atoms in total. The number of primary amides is 1. The fourth-order valence-corrected chi connectivity index (χ4v) is 6.77. The number of carbonyl (C=O) groups excluding carboxylic acids is 2. The Morgan fingerprint density at radius 3 is 2.00 bits per heavy atom. The number of rotatable bonds is 28. The number of allylic oxidation sites excluding steroid dienone is 1. The molecule has 0 saturated heterocycles. The van der Waals surface area contributed by atoms with Crippen LogP contribution < -0.4 is 15.8 Å². The van der Waals surface area contributed by atoms with Gasteiger partial charge < -0.3 is 26.0 Å². The Morgan fingerprint density at radius 2 is 1.45 bits per heavy atom. The molecular formula is C36H60N2O8S. The van der Waals surface area contributed by atoms with Crippen molar-refractivity contribution in [2.45, 2.75) is 135 Å². The van der Waals surface area contributed by atoms with Crippen molar-refractivity contribution in [2.75, 3.05) is 18.1 Å². The Labute approximate surface area is 282 Å². The third-order valence-electron chi connectivity index (χ3n) is 8.33. The summed E-state index contributed by atoms with van der Waals surface area (Å²) in [6, 6.07) is 5.99. The van der Waals surface area contributed by atoms with Gasteiger partial charge in [0.1, 0.15) is 21.6 Å². The lowest BCUT2D eigenvalue weighted by Gasteiger charge is -2.31. The molecule has 0 spiro atoms. The molecule has 268 valence electrons. The van der Waals surface area contributed by atoms with E-state index in [9.17, 15) is 33.0 Å². The maximum atomic E-state index is 13.5. The van der Waals surface area contributed by atoms with Crippen LogP contribution in [0.4, 0.5) is 0 Å². The van der Waals surface area contributed by atoms with Gasteiger partial charge in [-0.15, -0.1) is 0 Å². The fraction of sp³-hybridized carbons (Fsp3) is 0.694. The number of carboxylic acid groups (broad SMARTS) is 1. The van der Waals surface area contributed by atoms with E-state index in [1.54, 1.807) is 30.3 Å². The molecular weight excluding hydrogens is 620 g/mol. The van der Waals surface area contributed by atoms with Crippen molar-refractivity contribution in [3.05, 3.63) is 42.0 Å². The molecule has 0 aliphatic heterocycles. The van der Waals surface area contributed by atoms with E-state index in [1.807, 2.05) is 6.92 Å². The van der Waals surface area contributed by atoms with Crippen molar-refractivity contribution in [3.8, 4) is 5.75 Å². The van der Waals surface area contributed by atoms with E-state index in [4.69, 9.17) is 10.5 Å². The van der Waals surface area contributed by atoms with Crippen LogP contribution in [0.1, 0.15) is 123 Å². The van der Waals surface area contributed by atoms with Gasteiger partial charge in [-0.1, -0.05) is 103 Å². The van der Waals surface area contributed by atoms with Crippen molar-refractivity contribution in [1.82, 2.24) is 5.32 Å². The monoisotopic (exact) mass is 680 g/mol. The highest BCUT2D eigenvalue weighted by Crippen LogP contribution is 2.27. The minimum Gasteiger partial charge on any atom is -0.494 e. The van der Waals surface area contributed by atoms with Crippen LogP contribution in [0.5, 0.6) is 5.75 Å². The number of hydrogen-bond acceptors (Lipinski definition) is 7. The summed E-state index contributed by atoms with van der Waals surface area (Å²) in [5.41, 5.74) is 3.98. The Kier molecular flexibility index (Phi) is 21.0. The van der Waals surface area contributed by atoms with Gasteiger partial charge in [0.05, 0.1) is 24.0 Å². The third kappa shape index (κ3) is 17.2. The molecule has 47 heavy (non-hydrogen) atoms. The van der Waals surface area contributed by atoms with Gasteiger partial charge in [-0.25, -0.2) is 13.2 Å². The number of amides is 2. The van der Waals surface area contributed by atoms with Crippen LogP contribution >= 0.6 is 0 Å². The van der Waals surface area contributed by atoms with Crippen LogP contribution in [-0.2, 0) is 30.6 Å². The molecule has 0 aromatic heterocycles. The average Bonchev–Trinajstić information content (AvgIpc) is 3.03. The molecule has 0 saturated carbocycles. The molecule has 0 bridgehead atoms. The highest BCUT2D eigenvalue weighted by Gasteiger charge is 2.46. The van der Waals surface area contributed by atoms with Gasteiger partial charge >= 0.3 is 5.97 Å². The summed E-state index contributed by atoms with van der Waals surface area (Å²) >= 11 is 0. The van der Waals surface area contributed by atoms with E-state index in [2.05, 4.69) is 19.2 Å². The molecule has 0 radical (unpaired) electrons. The zero-order chi connectivity index (χ0) is 35.1. The number of aliphatic carboxylic acids is 1. The topological polar surface area (TPSA) is 173 Å². The second kappa shape index (κ2) is 23.4. The van der Waals surface area contributed by atoms with Crippen molar-refractivity contribution in [2.24, 2.45) is 11.7 Å². The summed E-state index contributed by atoms with van der Waals surface area (Å²) in [6.07, 6.45) is 14.3. The van der Waals surface area contributed by atoms with Gasteiger partial charge in [-0.3, -0.25) is 9.59 Å². The van der Waals surface area contributed by atoms with Gasteiger partial charge in [0.25, 0.3) is 0 Å². The number of ether oxygens (including phenoxy) is 1. The van der Waals surface area contributed by atoms with Crippen LogP contribution in [0.25, 0.3) is 0 Å². The number of carboxylic acids is 1. The molecule has 1 rings (SSSR count). The van der Waals surface area contributed by atoms with Crippen LogP contribution in [0.15, 0.2) is 36.4 Å². The fourth-order valence-electron chi connectivity index (χ4n) is 5.28. The van der Waals surface area contributed by atoms with Crippen LogP contribution in [0, 0.1) is 5.92 Å². The lowest BCUT2D eigenvalue weighted by molar-refractivity contribution is -0.167. The van der Waals surface area contributed by atoms with E-state index in [0.717, 1.165) is 56.9 Å². The lowest BCUT2D eigenvalue weighted by atomic mass is 9.81. The number of hydrogen-bond donors (Lipinski definition) is 4. The largest absolute Gasteiger partial charge is 0.494 e. The number of carbonyl (C=O) groups is 3. The minimum atomic E-state index is -3.04. The first-order chi connectivity index (χ1) is 22.4. The molecule has 2 amide bonds. The highest BCUT2D eigenvalue weighted by atomic mass is 32.2. The highest BCUT2D eigenvalue weighted by molar-refractivity contribution is 7.91. The predicted octanol–water partition coefficient (Wildman–Crippen LogP) is 5.89. The summed E-state index contributed by atoms with van der Waals surface area (Å²) in [4.78, 5) is 38.2. The number of aliphatic hydroxyl groups is 1. The summed E-state index contributed by atoms with van der Waals surface area (Å²) < 4.78 is 30.2. The second-order valence-corrected chi connectivity index (χ2v) is 14.8.